The summed E-state index contributed by atoms with van der Waals surface area (Å²) in [6.45, 7) is 0. The highest BCUT2D eigenvalue weighted by molar-refractivity contribution is 6.13. The summed E-state index contributed by atoms with van der Waals surface area (Å²) in [7, 11) is 0. The van der Waals surface area contributed by atoms with E-state index in [-0.39, 0.29) is 31.1 Å². The molecule has 12 saturated carbocycles. The summed E-state index contributed by atoms with van der Waals surface area (Å²) >= 11 is 0. The second-order valence-corrected chi connectivity index (χ2v) is 45.0. The maximum absolute atomic E-state index is 2.54. The number of rotatable bonds is 12. The maximum atomic E-state index is 2.54. The molecular formula is C140H122N6. The van der Waals surface area contributed by atoms with Gasteiger partial charge < -0.3 is 28.4 Å². The van der Waals surface area contributed by atoms with Crippen molar-refractivity contribution in [3.8, 4) is 50.4 Å². The molecule has 0 atom stereocenters. The Bertz CT molecular complexity index is 8560. The average molecular weight is 1890 g/mol. The van der Waals surface area contributed by atoms with Crippen molar-refractivity contribution in [3.63, 3.8) is 0 Å². The standard InChI is InChI=1S/3C46H38N2.2CH4/c1-3-11-34(12-4-1)47(37-19-21-40-39-16-8-10-18-44(39)48(45(40)29-37)35-13-5-2-6-14-35)36-20-22-43-41(28-36)38-15-7-9-17-42(38)46(43)32-24-30-23-31(26-32)27-33(46)25-30;1-3-11-34(12-4-1)47(37-20-22-45-41(29-37)39-16-8-10-18-44(39)48(45)35-13-5-2-6-14-35)36-19-21-43-40(28-36)38-15-7-9-17-42(38)46(43)32-24-30-23-31(26-32)27-33(46)25-30;1-2-10-34(11-3-1)47(35-18-20-36(21-19-35)48-44-16-8-5-13-39(44)40-14-6-9-17-45(40)48)37-22-23-43-41(29-37)38-12-4-7-15-42(38)46(43)32-25-30-24-31(27-32)28-33(46)26-30;;/h2*1-22,28-33H,23-27H2;1-23,29-33H,24-28H2;2*1H4. The maximum Gasteiger partial charge on any atom is 0.0561 e. The molecule has 0 unspecified atom stereocenters. The Labute approximate surface area is 857 Å². The van der Waals surface area contributed by atoms with Crippen LogP contribution in [0.25, 0.3) is 116 Å². The Kier molecular flexibility index (Phi) is 20.3. The largest absolute Gasteiger partial charge is 0.310 e. The van der Waals surface area contributed by atoms with Gasteiger partial charge in [-0.15, -0.1) is 0 Å². The quantitative estimate of drug-likeness (QED) is 0.122. The first-order valence-electron chi connectivity index (χ1n) is 53.9. The Balaban J connectivity index is 0.000000103. The smallest absolute Gasteiger partial charge is 0.0561 e. The molecule has 6 heteroatoms. The van der Waals surface area contributed by atoms with Crippen LogP contribution in [0.3, 0.4) is 0 Å². The molecule has 15 aliphatic rings. The molecule has 3 heterocycles. The summed E-state index contributed by atoms with van der Waals surface area (Å²) in [6, 6.07) is 164. The van der Waals surface area contributed by atoms with Crippen molar-refractivity contribution >= 4 is 117 Å². The first-order valence-corrected chi connectivity index (χ1v) is 53.9. The molecule has 146 heavy (non-hydrogen) atoms. The van der Waals surface area contributed by atoms with Crippen molar-refractivity contribution in [2.24, 2.45) is 71.0 Å². The van der Waals surface area contributed by atoms with Crippen molar-refractivity contribution < 1.29 is 0 Å². The van der Waals surface area contributed by atoms with Crippen molar-refractivity contribution in [1.82, 2.24) is 13.7 Å². The Morgan fingerprint density at radius 1 is 0.158 bits per heavy atom. The van der Waals surface area contributed by atoms with E-state index in [0.717, 1.165) is 71.0 Å². The predicted octanol–water partition coefficient (Wildman–Crippen LogP) is 37.2. The molecule has 0 saturated heterocycles. The summed E-state index contributed by atoms with van der Waals surface area (Å²) < 4.78 is 7.22. The molecule has 0 radical (unpaired) electrons. The van der Waals surface area contributed by atoms with E-state index in [1.54, 1.807) is 33.4 Å². The fraction of sp³-hybridized carbons (Fsp3) is 0.229. The van der Waals surface area contributed by atoms with Crippen LogP contribution in [-0.4, -0.2) is 13.7 Å². The van der Waals surface area contributed by atoms with Gasteiger partial charge in [0.05, 0.1) is 33.1 Å². The van der Waals surface area contributed by atoms with E-state index in [4.69, 9.17) is 0 Å². The van der Waals surface area contributed by atoms with Crippen LogP contribution in [0, 0.1) is 71.0 Å². The normalized spacial score (nSPS) is 24.4. The molecule has 18 aromatic carbocycles. The van der Waals surface area contributed by atoms with E-state index in [9.17, 15) is 0 Å². The Morgan fingerprint density at radius 3 is 0.733 bits per heavy atom. The molecule has 3 spiro atoms. The number of hydrogen-bond donors (Lipinski definition) is 0. The molecule has 0 aliphatic heterocycles. The lowest BCUT2D eigenvalue weighted by molar-refractivity contribution is -0.0399. The van der Waals surface area contributed by atoms with Gasteiger partial charge in [-0.05, 0) is 410 Å². The van der Waals surface area contributed by atoms with Gasteiger partial charge >= 0.3 is 0 Å². The zero-order valence-corrected chi connectivity index (χ0v) is 81.3. The van der Waals surface area contributed by atoms with Crippen LogP contribution in [-0.2, 0) is 16.2 Å². The minimum absolute atomic E-state index is 0. The first kappa shape index (κ1) is 87.4. The lowest BCUT2D eigenvalue weighted by atomic mass is 9.43. The second-order valence-electron chi connectivity index (χ2n) is 45.0. The highest BCUT2D eigenvalue weighted by Crippen LogP contribution is 2.74. The molecule has 0 amide bonds. The van der Waals surface area contributed by atoms with Crippen LogP contribution in [0.5, 0.6) is 0 Å². The van der Waals surface area contributed by atoms with Crippen LogP contribution in [0.4, 0.5) is 51.2 Å². The van der Waals surface area contributed by atoms with Gasteiger partial charge in [-0.25, -0.2) is 0 Å². The van der Waals surface area contributed by atoms with E-state index in [1.807, 2.05) is 0 Å². The molecule has 3 aromatic heterocycles. The second kappa shape index (κ2) is 33.9. The molecule has 712 valence electrons. The highest BCUT2D eigenvalue weighted by Gasteiger charge is 2.65. The molecule has 36 rings (SSSR count). The lowest BCUT2D eigenvalue weighted by Gasteiger charge is -2.61. The van der Waals surface area contributed by atoms with Crippen molar-refractivity contribution in [3.05, 3.63) is 470 Å². The van der Waals surface area contributed by atoms with Crippen molar-refractivity contribution in [1.29, 1.82) is 0 Å². The Hall–Kier alpha value is -15.2. The van der Waals surface area contributed by atoms with Gasteiger partial charge in [0.25, 0.3) is 0 Å². The number of para-hydroxylation sites is 9. The summed E-state index contributed by atoms with van der Waals surface area (Å²) in [5.74, 6) is 10.3. The van der Waals surface area contributed by atoms with E-state index in [2.05, 4.69) is 465 Å². The number of aromatic nitrogens is 3. The van der Waals surface area contributed by atoms with Crippen LogP contribution >= 0.6 is 0 Å². The number of anilines is 9. The van der Waals surface area contributed by atoms with Gasteiger partial charge in [-0.3, -0.25) is 0 Å². The number of benzene rings is 18. The summed E-state index contributed by atoms with van der Waals surface area (Å²) in [5.41, 5.74) is 40.7. The predicted molar refractivity (Wildman–Crippen MR) is 610 cm³/mol. The first-order chi connectivity index (χ1) is 71.3. The van der Waals surface area contributed by atoms with E-state index < -0.39 is 0 Å². The fourth-order valence-electron chi connectivity index (χ4n) is 33.8. The van der Waals surface area contributed by atoms with Crippen molar-refractivity contribution in [2.75, 3.05) is 14.7 Å². The van der Waals surface area contributed by atoms with Crippen LogP contribution in [0.1, 0.15) is 145 Å². The molecule has 0 N–H and O–H groups in total. The highest BCUT2D eigenvalue weighted by atomic mass is 15.2. The summed E-state index contributed by atoms with van der Waals surface area (Å²) in [6.07, 6.45) is 21.4. The van der Waals surface area contributed by atoms with E-state index in [0.29, 0.717) is 0 Å². The monoisotopic (exact) mass is 1890 g/mol. The zero-order valence-electron chi connectivity index (χ0n) is 81.3. The number of hydrogen-bond acceptors (Lipinski definition) is 3. The molecule has 12 bridgehead atoms. The third-order valence-electron chi connectivity index (χ3n) is 38.2. The third-order valence-corrected chi connectivity index (χ3v) is 38.2. The molecule has 15 aliphatic carbocycles. The van der Waals surface area contributed by atoms with Gasteiger partial charge in [0.1, 0.15) is 0 Å². The molecule has 21 aromatic rings. The number of nitrogens with zero attached hydrogens (tertiary/aromatic N) is 6. The summed E-state index contributed by atoms with van der Waals surface area (Å²) in [5, 5.41) is 7.68. The average Bonchev–Trinajstić information content (AvgIpc) is 1.51. The summed E-state index contributed by atoms with van der Waals surface area (Å²) in [4.78, 5) is 7.39. The molecule has 6 nitrogen and oxygen atoms in total. The Morgan fingerprint density at radius 2 is 0.384 bits per heavy atom. The third kappa shape index (κ3) is 12.8. The zero-order chi connectivity index (χ0) is 94.2. The van der Waals surface area contributed by atoms with E-state index in [1.165, 1.54) is 263 Å². The van der Waals surface area contributed by atoms with Crippen LogP contribution in [0.15, 0.2) is 437 Å². The van der Waals surface area contributed by atoms with Crippen molar-refractivity contribution in [2.45, 2.75) is 127 Å². The van der Waals surface area contributed by atoms with Crippen LogP contribution in [0.2, 0.25) is 0 Å². The number of fused-ring (bicyclic) bond motifs is 18. The topological polar surface area (TPSA) is 24.5 Å². The molecule has 12 fully saturated rings. The van der Waals surface area contributed by atoms with Gasteiger partial charge in [0, 0.05) is 117 Å². The minimum atomic E-state index is 0. The SMILES string of the molecule is C.C.c1ccc(N(c2ccc(-n3c4ccccc4c4ccccc43)cc2)c2ccc3c(c2)-c2ccccc2C32C3CC4CC(C3)CC2C4)cc1.c1ccc(N(c2ccc3c(c2)-c2ccccc2C32C3CC4CC(C3)CC2C4)c2ccc3c(c2)c2ccccc2n3-c2ccccc2)cc1.c1ccc(N(c2ccc3c(c2)-c2ccccc2C32C3CC4CC(C3)CC2C4)c2ccc3c4ccccc4n(-c4ccccc4)c3c2)cc1. The minimum Gasteiger partial charge on any atom is -0.310 e. The van der Waals surface area contributed by atoms with Gasteiger partial charge in [0.15, 0.2) is 0 Å². The van der Waals surface area contributed by atoms with Gasteiger partial charge in [-0.1, -0.05) is 276 Å². The molecular weight excluding hydrogens is 1770 g/mol. The fourth-order valence-corrected chi connectivity index (χ4v) is 33.8. The van der Waals surface area contributed by atoms with Crippen LogP contribution < -0.4 is 14.7 Å². The van der Waals surface area contributed by atoms with Gasteiger partial charge in [0.2, 0.25) is 0 Å². The van der Waals surface area contributed by atoms with E-state index >= 15 is 0 Å². The van der Waals surface area contributed by atoms with Gasteiger partial charge in [-0.2, -0.15) is 0 Å². The lowest BCUT2D eigenvalue weighted by Crippen LogP contribution is -2.55.